The first kappa shape index (κ1) is 53.6. The number of carbonyl (C=O) groups is 6. The van der Waals surface area contributed by atoms with Gasteiger partial charge in [0.15, 0.2) is 0 Å². The number of rotatable bonds is 20. The molecule has 2 aromatic heterocycles. The number of H-pyrrole nitrogens is 1. The number of aliphatic hydroxyl groups excluding tert-OH is 1. The monoisotopic (exact) mass is 1010 g/mol. The minimum atomic E-state index is -0.886. The Bertz CT molecular complexity index is 2650. The largest absolute Gasteiger partial charge is 0.391 e. The Hall–Kier alpha value is -6.24. The molecule has 16 nitrogen and oxygen atoms in total. The van der Waals surface area contributed by atoms with Gasteiger partial charge in [-0.05, 0) is 93.0 Å². The Balaban J connectivity index is 0.751. The Morgan fingerprint density at radius 2 is 1.64 bits per heavy atom. The highest BCUT2D eigenvalue weighted by atomic mass is 32.1. The average Bonchev–Trinajstić information content (AvgIpc) is 4.11. The number of β-amino-alcohol motifs (C(OH)–C–C–N with tert-alkyl or cyclic N) is 1. The van der Waals surface area contributed by atoms with Crippen LogP contribution in [0.5, 0.6) is 0 Å². The Kier molecular flexibility index (Phi) is 17.8. The third-order valence-corrected chi connectivity index (χ3v) is 14.9. The Labute approximate surface area is 425 Å². The number of hydrogen-bond acceptors (Lipinski definition) is 10. The van der Waals surface area contributed by atoms with Crippen molar-refractivity contribution in [3.63, 3.8) is 0 Å². The lowest BCUT2D eigenvalue weighted by atomic mass is 9.85. The SMILES string of the molecule is Cc1ncsc1-c1ccc(CNC(=O)[C@@H]2C[C@@H](O)CN2C(=O)[C@@H](NC(=O)CCCCCCCC(=O)N2CCN(CCCNC(=O)c3c(C)[nH]c(/C=C4\C(=O)Nc5ccc(F)cc54)c3C)CC2)C(C)(C)C)cc1. The van der Waals surface area contributed by atoms with Gasteiger partial charge in [0.25, 0.3) is 11.8 Å². The molecule has 3 aliphatic rings. The van der Waals surface area contributed by atoms with Crippen molar-refractivity contribution in [2.45, 2.75) is 124 Å². The molecule has 0 aliphatic carbocycles. The third-order valence-electron chi connectivity index (χ3n) is 13.9. The van der Waals surface area contributed by atoms with Gasteiger partial charge in [-0.3, -0.25) is 33.7 Å². The fourth-order valence-electron chi connectivity index (χ4n) is 9.78. The van der Waals surface area contributed by atoms with Crippen molar-refractivity contribution in [2.75, 3.05) is 51.1 Å². The number of thiazole rings is 1. The number of aryl methyl sites for hydroxylation is 2. The summed E-state index contributed by atoms with van der Waals surface area (Å²) in [6, 6.07) is 10.3. The standard InChI is InChI=1S/C54H70FN9O7S/c1-33-43(29-41-40-27-38(55)19-20-42(40)60-50(41)68)59-34(2)47(33)52(70)56-21-12-22-62-23-25-63(26-24-62)46(67)14-11-9-7-8-10-13-45(66)61-49(54(4,5)6)53(71)64-31-39(65)28-44(64)51(69)57-30-36-15-17-37(18-16-36)48-35(3)58-32-72-48/h15-20,27,29,32,39,44,49,59,65H,7-14,21-26,28,30-31H2,1-6H3,(H,56,70)(H,57,69)(H,60,68)(H,61,66)/b41-29-/t39-,44+,49-/m1/s1. The molecule has 0 saturated carbocycles. The van der Waals surface area contributed by atoms with Gasteiger partial charge in [0.1, 0.15) is 17.9 Å². The minimum Gasteiger partial charge on any atom is -0.391 e. The zero-order valence-electron chi connectivity index (χ0n) is 42.4. The number of benzene rings is 2. The molecule has 2 aromatic carbocycles. The molecule has 0 spiro atoms. The van der Waals surface area contributed by atoms with Crippen molar-refractivity contribution in [1.82, 2.24) is 40.6 Å². The lowest BCUT2D eigenvalue weighted by Gasteiger charge is -2.35. The van der Waals surface area contributed by atoms with Gasteiger partial charge in [-0.15, -0.1) is 11.3 Å². The van der Waals surface area contributed by atoms with E-state index in [0.29, 0.717) is 71.8 Å². The molecular formula is C54H70FN9O7S. The van der Waals surface area contributed by atoms with Crippen LogP contribution in [0, 0.1) is 32.0 Å². The maximum atomic E-state index is 14.0. The fourth-order valence-corrected chi connectivity index (χ4v) is 10.6. The second-order valence-electron chi connectivity index (χ2n) is 20.4. The van der Waals surface area contributed by atoms with E-state index in [1.807, 2.05) is 76.2 Å². The van der Waals surface area contributed by atoms with Crippen LogP contribution in [0.15, 0.2) is 48.0 Å². The van der Waals surface area contributed by atoms with Crippen molar-refractivity contribution in [3.8, 4) is 10.4 Å². The molecular weight excluding hydrogens is 938 g/mol. The maximum absolute atomic E-state index is 14.0. The molecule has 7 rings (SSSR count). The van der Waals surface area contributed by atoms with E-state index in [1.54, 1.807) is 17.4 Å². The van der Waals surface area contributed by atoms with E-state index in [0.717, 1.165) is 73.4 Å². The molecule has 4 aromatic rings. The summed E-state index contributed by atoms with van der Waals surface area (Å²) in [6.07, 6.45) is 6.35. The number of carbonyl (C=O) groups excluding carboxylic acids is 6. The molecule has 0 bridgehead atoms. The molecule has 386 valence electrons. The number of piperazine rings is 1. The summed E-state index contributed by atoms with van der Waals surface area (Å²) in [7, 11) is 0. The van der Waals surface area contributed by atoms with Crippen molar-refractivity contribution in [1.29, 1.82) is 0 Å². The summed E-state index contributed by atoms with van der Waals surface area (Å²) in [5.41, 5.74) is 7.96. The zero-order valence-corrected chi connectivity index (χ0v) is 43.2. The fraction of sp³-hybridized carbons (Fsp3) is 0.500. The molecule has 72 heavy (non-hydrogen) atoms. The number of nitrogens with one attached hydrogen (secondary N) is 5. The van der Waals surface area contributed by atoms with E-state index < -0.39 is 29.4 Å². The molecule has 3 aliphatic heterocycles. The molecule has 6 N–H and O–H groups in total. The zero-order chi connectivity index (χ0) is 51.7. The summed E-state index contributed by atoms with van der Waals surface area (Å²) >= 11 is 1.57. The van der Waals surface area contributed by atoms with Crippen LogP contribution in [0.2, 0.25) is 0 Å². The van der Waals surface area contributed by atoms with Gasteiger partial charge < -0.3 is 41.2 Å². The van der Waals surface area contributed by atoms with Crippen LogP contribution in [0.1, 0.15) is 123 Å². The predicted octanol–water partition coefficient (Wildman–Crippen LogP) is 6.50. The van der Waals surface area contributed by atoms with Gasteiger partial charge in [0.05, 0.1) is 33.3 Å². The number of nitrogens with zero attached hydrogens (tertiary/aromatic N) is 4. The molecule has 2 saturated heterocycles. The lowest BCUT2D eigenvalue weighted by molar-refractivity contribution is -0.144. The van der Waals surface area contributed by atoms with Gasteiger partial charge >= 0.3 is 0 Å². The lowest BCUT2D eigenvalue weighted by Crippen LogP contribution is -2.57. The van der Waals surface area contributed by atoms with E-state index in [-0.39, 0.29) is 61.4 Å². The molecule has 2 fully saturated rings. The molecule has 0 unspecified atom stereocenters. The van der Waals surface area contributed by atoms with Crippen LogP contribution in [0.25, 0.3) is 22.1 Å². The van der Waals surface area contributed by atoms with E-state index >= 15 is 0 Å². The van der Waals surface area contributed by atoms with E-state index in [1.165, 1.54) is 23.1 Å². The van der Waals surface area contributed by atoms with Crippen molar-refractivity contribution < 1.29 is 38.3 Å². The highest BCUT2D eigenvalue weighted by Crippen LogP contribution is 2.35. The molecule has 3 atom stereocenters. The van der Waals surface area contributed by atoms with Crippen molar-refractivity contribution >= 4 is 64.1 Å². The summed E-state index contributed by atoms with van der Waals surface area (Å²) in [6.45, 7) is 15.6. The number of anilines is 1. The number of unbranched alkanes of at least 4 members (excludes halogenated alkanes) is 4. The van der Waals surface area contributed by atoms with Crippen LogP contribution in [0.4, 0.5) is 10.1 Å². The van der Waals surface area contributed by atoms with Crippen LogP contribution in [-0.4, -0.2) is 129 Å². The summed E-state index contributed by atoms with van der Waals surface area (Å²) in [4.78, 5) is 93.9. The average molecular weight is 1010 g/mol. The number of aliphatic hydroxyl groups is 1. The minimum absolute atomic E-state index is 0.00989. The first-order valence-electron chi connectivity index (χ1n) is 25.2. The Morgan fingerprint density at radius 3 is 2.33 bits per heavy atom. The number of hydrogen-bond donors (Lipinski definition) is 6. The topological polar surface area (TPSA) is 209 Å². The first-order chi connectivity index (χ1) is 34.4. The smallest absolute Gasteiger partial charge is 0.256 e. The number of halogens is 1. The van der Waals surface area contributed by atoms with Crippen LogP contribution in [0.3, 0.4) is 0 Å². The van der Waals surface area contributed by atoms with E-state index in [2.05, 4.69) is 36.1 Å². The second kappa shape index (κ2) is 24.0. The first-order valence-corrected chi connectivity index (χ1v) is 26.1. The van der Waals surface area contributed by atoms with Gasteiger partial charge in [0.2, 0.25) is 23.6 Å². The molecule has 18 heteroatoms. The quantitative estimate of drug-likeness (QED) is 0.0421. The molecule has 5 heterocycles. The highest BCUT2D eigenvalue weighted by Gasteiger charge is 2.44. The number of aromatic amines is 1. The van der Waals surface area contributed by atoms with Gasteiger partial charge in [0, 0.05) is 87.7 Å². The van der Waals surface area contributed by atoms with E-state index in [4.69, 9.17) is 0 Å². The van der Waals surface area contributed by atoms with Crippen LogP contribution >= 0.6 is 11.3 Å². The van der Waals surface area contributed by atoms with E-state index in [9.17, 15) is 38.3 Å². The van der Waals surface area contributed by atoms with Crippen molar-refractivity contribution in [3.05, 3.63) is 93.1 Å². The Morgan fingerprint density at radius 1 is 0.931 bits per heavy atom. The third kappa shape index (κ3) is 13.4. The number of aromatic nitrogens is 2. The normalized spacial score (nSPS) is 18.0. The predicted molar refractivity (Wildman–Crippen MR) is 277 cm³/mol. The molecule has 6 amide bonds. The number of amides is 6. The van der Waals surface area contributed by atoms with Gasteiger partial charge in [-0.1, -0.05) is 64.3 Å². The maximum Gasteiger partial charge on any atom is 0.256 e. The van der Waals surface area contributed by atoms with Crippen LogP contribution < -0.4 is 21.3 Å². The van der Waals surface area contributed by atoms with Gasteiger partial charge in [-0.2, -0.15) is 0 Å². The highest BCUT2D eigenvalue weighted by molar-refractivity contribution is 7.13. The van der Waals surface area contributed by atoms with Crippen molar-refractivity contribution in [2.24, 2.45) is 5.41 Å². The summed E-state index contributed by atoms with van der Waals surface area (Å²) in [5.74, 6) is -1.80. The van der Waals surface area contributed by atoms with Gasteiger partial charge in [-0.25, -0.2) is 9.37 Å². The molecule has 0 radical (unpaired) electrons. The van der Waals surface area contributed by atoms with Crippen LogP contribution in [-0.2, 0) is 30.5 Å². The number of fused-ring (bicyclic) bond motifs is 1. The summed E-state index contributed by atoms with van der Waals surface area (Å²) in [5, 5.41) is 22.3. The second-order valence-corrected chi connectivity index (χ2v) is 21.3. The summed E-state index contributed by atoms with van der Waals surface area (Å²) < 4.78 is 14.0. The number of likely N-dealkylation sites (tertiary alicyclic amines) is 1.